The summed E-state index contributed by atoms with van der Waals surface area (Å²) in [5.74, 6) is -0.263. The molecule has 0 saturated heterocycles. The van der Waals surface area contributed by atoms with Crippen molar-refractivity contribution in [3.63, 3.8) is 0 Å². The predicted molar refractivity (Wildman–Crippen MR) is 79.8 cm³/mol. The zero-order chi connectivity index (χ0) is 13.8. The first-order chi connectivity index (χ1) is 9.08. The molecule has 102 valence electrons. The number of benzene rings is 1. The molecule has 2 unspecified atom stereocenters. The van der Waals surface area contributed by atoms with Gasteiger partial charge in [0.15, 0.2) is 0 Å². The van der Waals surface area contributed by atoms with Crippen molar-refractivity contribution in [3.8, 4) is 0 Å². The fraction of sp³-hybridized carbons (Fsp3) is 0.286. The van der Waals surface area contributed by atoms with Gasteiger partial charge in [-0.3, -0.25) is 0 Å². The van der Waals surface area contributed by atoms with Crippen molar-refractivity contribution >= 4 is 27.3 Å². The molecule has 0 saturated carbocycles. The summed E-state index contributed by atoms with van der Waals surface area (Å²) in [6, 6.07) is 6.57. The van der Waals surface area contributed by atoms with Gasteiger partial charge < -0.3 is 10.4 Å². The van der Waals surface area contributed by atoms with Gasteiger partial charge in [-0.05, 0) is 47.0 Å². The second kappa shape index (κ2) is 6.61. The predicted octanol–water partition coefficient (Wildman–Crippen LogP) is 4.03. The Hall–Kier alpha value is -0.750. The third-order valence-electron chi connectivity index (χ3n) is 2.97. The Labute approximate surface area is 124 Å². The summed E-state index contributed by atoms with van der Waals surface area (Å²) in [4.78, 5) is 0. The molecular formula is C14H15BrFNOS. The lowest BCUT2D eigenvalue weighted by Gasteiger charge is -2.18. The molecule has 0 amide bonds. The van der Waals surface area contributed by atoms with Crippen LogP contribution in [0.5, 0.6) is 0 Å². The first-order valence-electron chi connectivity index (χ1n) is 5.96. The van der Waals surface area contributed by atoms with E-state index in [1.165, 1.54) is 12.1 Å². The van der Waals surface area contributed by atoms with Crippen LogP contribution in [0.1, 0.15) is 30.2 Å². The zero-order valence-corrected chi connectivity index (χ0v) is 12.8. The highest BCUT2D eigenvalue weighted by molar-refractivity contribution is 9.10. The van der Waals surface area contributed by atoms with E-state index in [-0.39, 0.29) is 11.9 Å². The van der Waals surface area contributed by atoms with Gasteiger partial charge in [-0.1, -0.05) is 22.0 Å². The fourth-order valence-corrected chi connectivity index (χ4v) is 3.23. The molecule has 2 rings (SSSR count). The summed E-state index contributed by atoms with van der Waals surface area (Å²) >= 11 is 4.92. The Balaban J connectivity index is 1.96. The second-order valence-electron chi connectivity index (χ2n) is 4.37. The highest BCUT2D eigenvalue weighted by atomic mass is 79.9. The van der Waals surface area contributed by atoms with Crippen molar-refractivity contribution in [2.75, 3.05) is 6.54 Å². The molecule has 0 bridgehead atoms. The Bertz CT molecular complexity index is 532. The highest BCUT2D eigenvalue weighted by Crippen LogP contribution is 2.25. The number of hydrogen-bond acceptors (Lipinski definition) is 3. The molecule has 0 aliphatic heterocycles. The minimum atomic E-state index is -0.520. The first kappa shape index (κ1) is 14.7. The number of rotatable bonds is 5. The van der Waals surface area contributed by atoms with Gasteiger partial charge in [-0.2, -0.15) is 11.3 Å². The van der Waals surface area contributed by atoms with Crippen LogP contribution in [-0.2, 0) is 0 Å². The zero-order valence-electron chi connectivity index (χ0n) is 10.4. The Morgan fingerprint density at radius 3 is 2.84 bits per heavy atom. The molecule has 2 N–H and O–H groups in total. The smallest absolute Gasteiger partial charge is 0.124 e. The van der Waals surface area contributed by atoms with Gasteiger partial charge in [0.05, 0.1) is 6.10 Å². The summed E-state index contributed by atoms with van der Waals surface area (Å²) in [7, 11) is 0. The average molecular weight is 344 g/mol. The summed E-state index contributed by atoms with van der Waals surface area (Å²) in [5.41, 5.74) is 1.89. The SMILES string of the molecule is CC(NCC(O)c1ccsc1)c1ccc(F)cc1Br. The minimum absolute atomic E-state index is 0.0308. The largest absolute Gasteiger partial charge is 0.387 e. The third kappa shape index (κ3) is 3.86. The van der Waals surface area contributed by atoms with E-state index in [4.69, 9.17) is 0 Å². The number of aliphatic hydroxyl groups is 1. The lowest BCUT2D eigenvalue weighted by molar-refractivity contribution is 0.171. The molecule has 1 aromatic carbocycles. The van der Waals surface area contributed by atoms with E-state index >= 15 is 0 Å². The summed E-state index contributed by atoms with van der Waals surface area (Å²) in [6.45, 7) is 2.44. The molecule has 0 fully saturated rings. The van der Waals surface area contributed by atoms with Crippen LogP contribution in [0.3, 0.4) is 0 Å². The molecule has 0 aliphatic carbocycles. The number of halogens is 2. The molecule has 5 heteroatoms. The fourth-order valence-electron chi connectivity index (χ4n) is 1.83. The molecular weight excluding hydrogens is 329 g/mol. The molecule has 2 aromatic rings. The van der Waals surface area contributed by atoms with Gasteiger partial charge >= 0.3 is 0 Å². The summed E-state index contributed by atoms with van der Waals surface area (Å²) in [5, 5.41) is 17.1. The van der Waals surface area contributed by atoms with E-state index < -0.39 is 6.10 Å². The van der Waals surface area contributed by atoms with E-state index in [1.807, 2.05) is 23.8 Å². The normalized spacial score (nSPS) is 14.3. The Kier molecular flexibility index (Phi) is 5.10. The van der Waals surface area contributed by atoms with E-state index in [9.17, 15) is 9.50 Å². The van der Waals surface area contributed by atoms with Crippen molar-refractivity contribution in [2.24, 2.45) is 0 Å². The van der Waals surface area contributed by atoms with Crippen molar-refractivity contribution in [3.05, 3.63) is 56.4 Å². The van der Waals surface area contributed by atoms with Crippen LogP contribution >= 0.6 is 27.3 Å². The van der Waals surface area contributed by atoms with E-state index in [1.54, 1.807) is 17.4 Å². The Morgan fingerprint density at radius 2 is 2.21 bits per heavy atom. The van der Waals surface area contributed by atoms with Gasteiger partial charge in [0.25, 0.3) is 0 Å². The maximum atomic E-state index is 13.0. The molecule has 0 radical (unpaired) electrons. The van der Waals surface area contributed by atoms with E-state index in [0.717, 1.165) is 15.6 Å². The molecule has 19 heavy (non-hydrogen) atoms. The standard InChI is InChI=1S/C14H15BrFNOS/c1-9(12-3-2-11(16)6-13(12)15)17-7-14(18)10-4-5-19-8-10/h2-6,8-9,14,17-18H,7H2,1H3. The van der Waals surface area contributed by atoms with Crippen LogP contribution in [0.25, 0.3) is 0 Å². The summed E-state index contributed by atoms with van der Waals surface area (Å²) in [6.07, 6.45) is -0.520. The van der Waals surface area contributed by atoms with Crippen LogP contribution in [0.15, 0.2) is 39.5 Å². The van der Waals surface area contributed by atoms with Gasteiger partial charge in [-0.15, -0.1) is 0 Å². The summed E-state index contributed by atoms with van der Waals surface area (Å²) < 4.78 is 13.8. The second-order valence-corrected chi connectivity index (χ2v) is 6.00. The van der Waals surface area contributed by atoms with Crippen LogP contribution < -0.4 is 5.32 Å². The maximum absolute atomic E-state index is 13.0. The minimum Gasteiger partial charge on any atom is -0.387 e. The van der Waals surface area contributed by atoms with Gasteiger partial charge in [0, 0.05) is 17.1 Å². The Morgan fingerprint density at radius 1 is 1.42 bits per heavy atom. The maximum Gasteiger partial charge on any atom is 0.124 e. The monoisotopic (exact) mass is 343 g/mol. The van der Waals surface area contributed by atoms with Crippen LogP contribution in [0.2, 0.25) is 0 Å². The van der Waals surface area contributed by atoms with Crippen LogP contribution in [0, 0.1) is 5.82 Å². The topological polar surface area (TPSA) is 32.3 Å². The lowest BCUT2D eigenvalue weighted by atomic mass is 10.1. The van der Waals surface area contributed by atoms with Crippen molar-refractivity contribution in [2.45, 2.75) is 19.1 Å². The van der Waals surface area contributed by atoms with E-state index in [2.05, 4.69) is 21.2 Å². The molecule has 0 spiro atoms. The highest BCUT2D eigenvalue weighted by Gasteiger charge is 2.13. The average Bonchev–Trinajstić information content (AvgIpc) is 2.89. The van der Waals surface area contributed by atoms with Gasteiger partial charge in [-0.25, -0.2) is 4.39 Å². The quantitative estimate of drug-likeness (QED) is 0.858. The van der Waals surface area contributed by atoms with Gasteiger partial charge in [0.2, 0.25) is 0 Å². The molecule has 2 nitrogen and oxygen atoms in total. The number of aliphatic hydroxyl groups excluding tert-OH is 1. The lowest BCUT2D eigenvalue weighted by Crippen LogP contribution is -2.24. The van der Waals surface area contributed by atoms with Crippen molar-refractivity contribution in [1.82, 2.24) is 5.32 Å². The number of hydrogen-bond donors (Lipinski definition) is 2. The van der Waals surface area contributed by atoms with Gasteiger partial charge in [0.1, 0.15) is 5.82 Å². The van der Waals surface area contributed by atoms with Crippen molar-refractivity contribution < 1.29 is 9.50 Å². The molecule has 1 heterocycles. The number of nitrogens with one attached hydrogen (secondary N) is 1. The molecule has 0 aliphatic rings. The van der Waals surface area contributed by atoms with Crippen LogP contribution in [0.4, 0.5) is 4.39 Å². The van der Waals surface area contributed by atoms with Crippen LogP contribution in [-0.4, -0.2) is 11.7 Å². The van der Waals surface area contributed by atoms with E-state index in [0.29, 0.717) is 6.54 Å². The molecule has 1 aromatic heterocycles. The van der Waals surface area contributed by atoms with Crippen molar-refractivity contribution in [1.29, 1.82) is 0 Å². The molecule has 2 atom stereocenters. The number of thiophene rings is 1. The first-order valence-corrected chi connectivity index (χ1v) is 7.70. The third-order valence-corrected chi connectivity index (χ3v) is 4.36.